The highest BCUT2D eigenvalue weighted by Gasteiger charge is 2.20. The topological polar surface area (TPSA) is 35.5 Å². The maximum atomic E-state index is 11.4. The zero-order valence-corrected chi connectivity index (χ0v) is 8.90. The van der Waals surface area contributed by atoms with E-state index in [9.17, 15) is 4.57 Å². The third kappa shape index (κ3) is 4.83. The normalized spacial score (nSPS) is 14.6. The van der Waals surface area contributed by atoms with Gasteiger partial charge in [0.2, 0.25) is 0 Å². The van der Waals surface area contributed by atoms with Crippen molar-refractivity contribution in [2.24, 2.45) is 0 Å². The molecule has 0 aliphatic rings. The molecule has 0 N–H and O–H groups in total. The maximum Gasteiger partial charge on any atom is 0.382 e. The summed E-state index contributed by atoms with van der Waals surface area (Å²) in [4.78, 5) is 0. The third-order valence-electron chi connectivity index (χ3n) is 0.933. The summed E-state index contributed by atoms with van der Waals surface area (Å²) in [7, 11) is -1.84. The second kappa shape index (κ2) is 5.65. The van der Waals surface area contributed by atoms with E-state index in [1.807, 2.05) is 0 Å². The Hall–Kier alpha value is 0.0500. The van der Waals surface area contributed by atoms with Crippen LogP contribution < -0.4 is 0 Å². The Morgan fingerprint density at radius 3 is 2.58 bits per heavy atom. The van der Waals surface area contributed by atoms with Crippen LogP contribution in [0.1, 0.15) is 0 Å². The molecule has 3 nitrogen and oxygen atoms in total. The molecule has 0 saturated carbocycles. The molecule has 0 saturated heterocycles. The van der Waals surface area contributed by atoms with Gasteiger partial charge in [0.05, 0.1) is 6.16 Å². The first-order chi connectivity index (χ1) is 5.54. The summed E-state index contributed by atoms with van der Waals surface area (Å²) >= 11 is 10.5. The van der Waals surface area contributed by atoms with Gasteiger partial charge < -0.3 is 9.05 Å². The number of halogens is 2. The van der Waals surface area contributed by atoms with Crippen LogP contribution in [0.5, 0.6) is 0 Å². The summed E-state index contributed by atoms with van der Waals surface area (Å²) in [6.07, 6.45) is 2.51. The lowest BCUT2D eigenvalue weighted by atomic mass is 10.8. The largest absolute Gasteiger partial charge is 0.430 e. The second-order valence-electron chi connectivity index (χ2n) is 1.78. The van der Waals surface area contributed by atoms with Crippen LogP contribution in [0.4, 0.5) is 0 Å². The molecule has 0 aliphatic carbocycles. The summed E-state index contributed by atoms with van der Waals surface area (Å²) in [6, 6.07) is 0. The van der Waals surface area contributed by atoms with Crippen molar-refractivity contribution in [3.8, 4) is 0 Å². The van der Waals surface area contributed by atoms with Gasteiger partial charge in [-0.15, -0.1) is 6.58 Å². The molecule has 70 valence electrons. The molecule has 0 aromatic rings. The van der Waals surface area contributed by atoms with E-state index >= 15 is 0 Å². The number of allylic oxidation sites excluding steroid dienone is 1. The third-order valence-corrected chi connectivity index (χ3v) is 2.80. The van der Waals surface area contributed by atoms with E-state index in [1.54, 1.807) is 0 Å². The van der Waals surface area contributed by atoms with Crippen LogP contribution in [0, 0.1) is 0 Å². The fourth-order valence-electron chi connectivity index (χ4n) is 0.439. The number of hydrogen-bond acceptors (Lipinski definition) is 3. The van der Waals surface area contributed by atoms with Gasteiger partial charge >= 0.3 is 7.60 Å². The lowest BCUT2D eigenvalue weighted by molar-refractivity contribution is 0.302. The van der Waals surface area contributed by atoms with Crippen LogP contribution in [-0.2, 0) is 13.6 Å². The van der Waals surface area contributed by atoms with Crippen molar-refractivity contribution < 1.29 is 13.6 Å². The molecule has 1 unspecified atom stereocenters. The van der Waals surface area contributed by atoms with Crippen LogP contribution >= 0.6 is 30.8 Å². The van der Waals surface area contributed by atoms with Crippen LogP contribution in [0.3, 0.4) is 0 Å². The first-order valence-corrected chi connectivity index (χ1v) is 5.47. The van der Waals surface area contributed by atoms with E-state index in [-0.39, 0.29) is 10.7 Å². The van der Waals surface area contributed by atoms with Gasteiger partial charge in [0.1, 0.15) is 10.8 Å². The van der Waals surface area contributed by atoms with E-state index in [2.05, 4.69) is 11.1 Å². The predicted molar refractivity (Wildman–Crippen MR) is 50.6 cm³/mol. The molecule has 0 aromatic heterocycles. The number of hydrogen-bond donors (Lipinski definition) is 0. The van der Waals surface area contributed by atoms with Crippen molar-refractivity contribution in [2.45, 2.75) is 0 Å². The zero-order chi connectivity index (χ0) is 9.61. The molecular weight excluding hydrogens is 222 g/mol. The number of rotatable bonds is 5. The van der Waals surface area contributed by atoms with Crippen molar-refractivity contribution >= 4 is 30.8 Å². The maximum absolute atomic E-state index is 11.4. The Morgan fingerprint density at radius 2 is 2.25 bits per heavy atom. The van der Waals surface area contributed by atoms with Gasteiger partial charge in [-0.2, -0.15) is 0 Å². The van der Waals surface area contributed by atoms with Gasteiger partial charge in [-0.25, -0.2) is 4.57 Å². The van der Waals surface area contributed by atoms with Gasteiger partial charge in [-0.1, -0.05) is 29.3 Å². The van der Waals surface area contributed by atoms with E-state index in [1.165, 1.54) is 13.2 Å². The van der Waals surface area contributed by atoms with Crippen molar-refractivity contribution in [1.82, 2.24) is 0 Å². The molecule has 0 radical (unpaired) electrons. The van der Waals surface area contributed by atoms with Crippen molar-refractivity contribution in [3.63, 3.8) is 0 Å². The molecule has 0 spiro atoms. The minimum absolute atomic E-state index is 0.112. The molecule has 6 heteroatoms. The minimum Gasteiger partial charge on any atom is -0.430 e. The molecule has 0 rings (SSSR count). The molecule has 0 heterocycles. The fourth-order valence-corrected chi connectivity index (χ4v) is 1.56. The van der Waals surface area contributed by atoms with E-state index in [0.717, 1.165) is 6.26 Å². The molecule has 1 atom stereocenters. The van der Waals surface area contributed by atoms with Crippen LogP contribution in [0.25, 0.3) is 0 Å². The molecule has 0 fully saturated rings. The first-order valence-electron chi connectivity index (χ1n) is 2.99. The molecule has 12 heavy (non-hydrogen) atoms. The summed E-state index contributed by atoms with van der Waals surface area (Å²) in [6.45, 7) is 3.40. The predicted octanol–water partition coefficient (Wildman–Crippen LogP) is 3.31. The van der Waals surface area contributed by atoms with Gasteiger partial charge in [0, 0.05) is 7.11 Å². The summed E-state index contributed by atoms with van der Waals surface area (Å²) in [5, 5.41) is 0. The summed E-state index contributed by atoms with van der Waals surface area (Å²) in [5.74, 6) is 0. The molecule has 0 aromatic carbocycles. The van der Waals surface area contributed by atoms with E-state index in [4.69, 9.17) is 27.7 Å². The average Bonchev–Trinajstić information content (AvgIpc) is 2.02. The van der Waals surface area contributed by atoms with Crippen molar-refractivity contribution in [2.75, 3.05) is 13.3 Å². The highest BCUT2D eigenvalue weighted by Crippen LogP contribution is 2.47. The van der Waals surface area contributed by atoms with Gasteiger partial charge in [0.15, 0.2) is 0 Å². The molecule has 0 bridgehead atoms. The lowest BCUT2D eigenvalue weighted by Crippen LogP contribution is -1.90. The summed E-state index contributed by atoms with van der Waals surface area (Å²) in [5.41, 5.74) is 0. The fraction of sp³-hybridized carbons (Fsp3) is 0.333. The van der Waals surface area contributed by atoms with Gasteiger partial charge in [-0.05, 0) is 0 Å². The minimum atomic E-state index is -3.12. The molecular formula is C6H9Cl2O3P. The van der Waals surface area contributed by atoms with Crippen molar-refractivity contribution in [1.29, 1.82) is 0 Å². The monoisotopic (exact) mass is 230 g/mol. The van der Waals surface area contributed by atoms with Gasteiger partial charge in [0.25, 0.3) is 0 Å². The van der Waals surface area contributed by atoms with Crippen LogP contribution in [-0.4, -0.2) is 13.3 Å². The Bertz CT molecular complexity index is 223. The Balaban J connectivity index is 4.24. The second-order valence-corrected chi connectivity index (χ2v) is 4.95. The van der Waals surface area contributed by atoms with Crippen LogP contribution in [0.2, 0.25) is 0 Å². The van der Waals surface area contributed by atoms with Crippen LogP contribution in [0.15, 0.2) is 23.4 Å². The standard InChI is InChI=1S/C6H9Cl2O3P/c1-3-4-12(9,10-2)11-5-6(7)8/h3,5H,1,4H2,2H3. The zero-order valence-electron chi connectivity index (χ0n) is 6.50. The Morgan fingerprint density at radius 1 is 1.67 bits per heavy atom. The SMILES string of the molecule is C=CCP(=O)(OC)OC=C(Cl)Cl. The van der Waals surface area contributed by atoms with E-state index < -0.39 is 7.60 Å². The Labute approximate surface area is 81.5 Å². The van der Waals surface area contributed by atoms with E-state index in [0.29, 0.717) is 0 Å². The summed E-state index contributed by atoms with van der Waals surface area (Å²) < 4.78 is 20.6. The molecule has 0 aliphatic heterocycles. The lowest BCUT2D eigenvalue weighted by Gasteiger charge is -2.11. The highest BCUT2D eigenvalue weighted by atomic mass is 35.5. The van der Waals surface area contributed by atoms with Crippen molar-refractivity contribution in [3.05, 3.63) is 23.4 Å². The first kappa shape index (κ1) is 12.0. The average molecular weight is 231 g/mol. The smallest absolute Gasteiger partial charge is 0.382 e. The quantitative estimate of drug-likeness (QED) is 0.413. The highest BCUT2D eigenvalue weighted by molar-refractivity contribution is 7.54. The molecule has 0 amide bonds. The van der Waals surface area contributed by atoms with Gasteiger partial charge in [-0.3, -0.25) is 0 Å². The Kier molecular flexibility index (Phi) is 5.68.